The fraction of sp³-hybridized carbons (Fsp3) is 0.556. The quantitative estimate of drug-likeness (QED) is 0.872. The molecule has 0 spiro atoms. The summed E-state index contributed by atoms with van der Waals surface area (Å²) < 4.78 is 0. The van der Waals surface area contributed by atoms with E-state index in [1.807, 2.05) is 20.9 Å². The van der Waals surface area contributed by atoms with E-state index in [1.54, 1.807) is 6.20 Å². The summed E-state index contributed by atoms with van der Waals surface area (Å²) in [7, 11) is 1.81. The minimum atomic E-state index is 1.08. The maximum atomic E-state index is 3.37. The van der Waals surface area contributed by atoms with Crippen molar-refractivity contribution in [3.05, 3.63) is 48.2 Å². The van der Waals surface area contributed by atoms with Crippen LogP contribution in [-0.2, 0) is 6.42 Å². The molecule has 0 atom stereocenters. The highest BCUT2D eigenvalue weighted by atomic mass is 15.3. The molecule has 2 rings (SSSR count). The van der Waals surface area contributed by atoms with Crippen molar-refractivity contribution in [1.82, 2.24) is 15.5 Å². The second-order valence-corrected chi connectivity index (χ2v) is 4.86. The molecule has 120 valence electrons. The Morgan fingerprint density at radius 2 is 1.90 bits per heavy atom. The first kappa shape index (κ1) is 19.7. The normalized spacial score (nSPS) is 13.5. The van der Waals surface area contributed by atoms with Crippen LogP contribution in [0.25, 0.3) is 0 Å². The van der Waals surface area contributed by atoms with Gasteiger partial charge in [-0.3, -0.25) is 4.90 Å². The van der Waals surface area contributed by atoms with E-state index in [0.717, 1.165) is 13.2 Å². The molecule has 2 N–H and O–H groups in total. The first-order chi connectivity index (χ1) is 10.3. The molecule has 1 heterocycles. The van der Waals surface area contributed by atoms with Crippen molar-refractivity contribution in [2.75, 3.05) is 33.4 Å². The van der Waals surface area contributed by atoms with Crippen LogP contribution in [0.15, 0.2) is 37.0 Å². The van der Waals surface area contributed by atoms with Crippen LogP contribution >= 0.6 is 0 Å². The van der Waals surface area contributed by atoms with Gasteiger partial charge in [-0.05, 0) is 38.1 Å². The van der Waals surface area contributed by atoms with E-state index in [9.17, 15) is 0 Å². The molecule has 1 aromatic rings. The molecule has 3 nitrogen and oxygen atoms in total. The predicted molar refractivity (Wildman–Crippen MR) is 94.5 cm³/mol. The van der Waals surface area contributed by atoms with Gasteiger partial charge >= 0.3 is 0 Å². The molecule has 21 heavy (non-hydrogen) atoms. The number of nitrogens with zero attached hydrogens (tertiary/aromatic N) is 1. The first-order valence-corrected chi connectivity index (χ1v) is 8.03. The van der Waals surface area contributed by atoms with Gasteiger partial charge in [-0.1, -0.05) is 50.3 Å². The standard InChI is InChI=1S/C13H20N2.C3H7N.C2H6/c1-12-4-6-13(7-5-12)3-2-9-15-10-8-14-11-15;1-3-4-2;1-2/h4-7,14H,2-3,8-11H2,1H3;3-4H,1H2,2H3;1-2H3. The number of rotatable bonds is 5. The summed E-state index contributed by atoms with van der Waals surface area (Å²) in [6.07, 6.45) is 4.10. The van der Waals surface area contributed by atoms with E-state index in [-0.39, 0.29) is 0 Å². The maximum absolute atomic E-state index is 3.37. The highest BCUT2D eigenvalue weighted by molar-refractivity contribution is 5.21. The van der Waals surface area contributed by atoms with Gasteiger partial charge < -0.3 is 10.6 Å². The number of nitrogens with one attached hydrogen (secondary N) is 2. The van der Waals surface area contributed by atoms with Crippen molar-refractivity contribution < 1.29 is 0 Å². The van der Waals surface area contributed by atoms with E-state index < -0.39 is 0 Å². The first-order valence-electron chi connectivity index (χ1n) is 8.03. The van der Waals surface area contributed by atoms with E-state index in [0.29, 0.717) is 0 Å². The smallest absolute Gasteiger partial charge is 0.0481 e. The summed E-state index contributed by atoms with van der Waals surface area (Å²) in [6, 6.07) is 8.90. The topological polar surface area (TPSA) is 27.3 Å². The van der Waals surface area contributed by atoms with E-state index in [1.165, 1.54) is 37.1 Å². The third-order valence-electron chi connectivity index (χ3n) is 3.20. The van der Waals surface area contributed by atoms with E-state index >= 15 is 0 Å². The molecule has 1 aromatic carbocycles. The lowest BCUT2D eigenvalue weighted by Crippen LogP contribution is -2.23. The van der Waals surface area contributed by atoms with Crippen molar-refractivity contribution in [2.45, 2.75) is 33.6 Å². The average molecular weight is 291 g/mol. The number of benzene rings is 1. The zero-order valence-corrected chi connectivity index (χ0v) is 14.3. The Labute approximate surface area is 131 Å². The van der Waals surface area contributed by atoms with Gasteiger partial charge in [0.25, 0.3) is 0 Å². The monoisotopic (exact) mass is 291 g/mol. The fourth-order valence-corrected chi connectivity index (χ4v) is 2.01. The van der Waals surface area contributed by atoms with Crippen LogP contribution in [0, 0.1) is 6.92 Å². The van der Waals surface area contributed by atoms with Crippen LogP contribution in [0.3, 0.4) is 0 Å². The Kier molecular flexibility index (Phi) is 12.8. The Morgan fingerprint density at radius 1 is 1.29 bits per heavy atom. The number of hydrogen-bond donors (Lipinski definition) is 2. The molecule has 0 saturated carbocycles. The van der Waals surface area contributed by atoms with Gasteiger partial charge in [0.15, 0.2) is 0 Å². The Bertz CT molecular complexity index is 340. The molecule has 0 amide bonds. The average Bonchev–Trinajstić information content (AvgIpc) is 3.05. The Hall–Kier alpha value is -1.32. The van der Waals surface area contributed by atoms with Crippen LogP contribution in [0.2, 0.25) is 0 Å². The molecular formula is C18H33N3. The van der Waals surface area contributed by atoms with Crippen molar-refractivity contribution in [2.24, 2.45) is 0 Å². The van der Waals surface area contributed by atoms with Crippen molar-refractivity contribution in [1.29, 1.82) is 0 Å². The van der Waals surface area contributed by atoms with Crippen LogP contribution in [-0.4, -0.2) is 38.3 Å². The molecular weight excluding hydrogens is 258 g/mol. The summed E-state index contributed by atoms with van der Waals surface area (Å²) in [4.78, 5) is 2.48. The van der Waals surface area contributed by atoms with Crippen LogP contribution in [0.1, 0.15) is 31.4 Å². The molecule has 1 aliphatic heterocycles. The molecule has 3 heteroatoms. The van der Waals surface area contributed by atoms with Gasteiger partial charge in [0.05, 0.1) is 0 Å². The summed E-state index contributed by atoms with van der Waals surface area (Å²) in [5.74, 6) is 0. The third kappa shape index (κ3) is 10.1. The lowest BCUT2D eigenvalue weighted by atomic mass is 10.1. The second-order valence-electron chi connectivity index (χ2n) is 4.86. The van der Waals surface area contributed by atoms with Gasteiger partial charge in [0.2, 0.25) is 0 Å². The highest BCUT2D eigenvalue weighted by Crippen LogP contribution is 2.06. The SMILES string of the molecule is C=CNC.CC.Cc1ccc(CCCN2CCNC2)cc1. The Balaban J connectivity index is 0.000000579. The summed E-state index contributed by atoms with van der Waals surface area (Å²) in [5.41, 5.74) is 2.82. The van der Waals surface area contributed by atoms with Gasteiger partial charge in [0.1, 0.15) is 0 Å². The molecule has 0 radical (unpaired) electrons. The lowest BCUT2D eigenvalue weighted by Gasteiger charge is -2.13. The van der Waals surface area contributed by atoms with Crippen LogP contribution in [0.4, 0.5) is 0 Å². The predicted octanol–water partition coefficient (Wildman–Crippen LogP) is 3.17. The molecule has 0 aliphatic carbocycles. The van der Waals surface area contributed by atoms with E-state index in [4.69, 9.17) is 0 Å². The Morgan fingerprint density at radius 3 is 2.38 bits per heavy atom. The molecule has 1 saturated heterocycles. The fourth-order valence-electron chi connectivity index (χ4n) is 2.01. The molecule has 0 bridgehead atoms. The molecule has 1 aliphatic rings. The summed E-state index contributed by atoms with van der Waals surface area (Å²) in [6.45, 7) is 14.2. The van der Waals surface area contributed by atoms with E-state index in [2.05, 4.69) is 53.3 Å². The van der Waals surface area contributed by atoms with Crippen LogP contribution < -0.4 is 10.6 Å². The number of hydrogen-bond acceptors (Lipinski definition) is 3. The van der Waals surface area contributed by atoms with Gasteiger partial charge in [-0.25, -0.2) is 0 Å². The summed E-state index contributed by atoms with van der Waals surface area (Å²) >= 11 is 0. The minimum Gasteiger partial charge on any atom is -0.394 e. The molecule has 0 aromatic heterocycles. The van der Waals surface area contributed by atoms with Crippen molar-refractivity contribution >= 4 is 0 Å². The number of aryl methyl sites for hydroxylation is 2. The highest BCUT2D eigenvalue weighted by Gasteiger charge is 2.09. The third-order valence-corrected chi connectivity index (χ3v) is 3.20. The molecule has 0 unspecified atom stereocenters. The van der Waals surface area contributed by atoms with Gasteiger partial charge in [0, 0.05) is 26.8 Å². The van der Waals surface area contributed by atoms with Crippen LogP contribution in [0.5, 0.6) is 0 Å². The summed E-state index contributed by atoms with van der Waals surface area (Å²) in [5, 5.41) is 6.05. The maximum Gasteiger partial charge on any atom is 0.0481 e. The lowest BCUT2D eigenvalue weighted by molar-refractivity contribution is 0.330. The second kappa shape index (κ2) is 13.7. The van der Waals surface area contributed by atoms with Gasteiger partial charge in [-0.15, -0.1) is 0 Å². The van der Waals surface area contributed by atoms with Crippen molar-refractivity contribution in [3.63, 3.8) is 0 Å². The largest absolute Gasteiger partial charge is 0.394 e. The van der Waals surface area contributed by atoms with Gasteiger partial charge in [-0.2, -0.15) is 0 Å². The zero-order valence-electron chi connectivity index (χ0n) is 14.3. The van der Waals surface area contributed by atoms with Crippen molar-refractivity contribution in [3.8, 4) is 0 Å². The zero-order chi connectivity index (χ0) is 15.9. The minimum absolute atomic E-state index is 1.08. The molecule has 1 fully saturated rings.